The lowest BCUT2D eigenvalue weighted by Gasteiger charge is -2.14. The van der Waals surface area contributed by atoms with Crippen LogP contribution >= 0.6 is 25.9 Å². The van der Waals surface area contributed by atoms with Gasteiger partial charge in [-0.1, -0.05) is 4.60 Å². The van der Waals surface area contributed by atoms with Crippen LogP contribution in [0.3, 0.4) is 0 Å². The molecule has 68 valence electrons. The maximum absolute atomic E-state index is 11.6. The van der Waals surface area contributed by atoms with E-state index in [0.29, 0.717) is 17.0 Å². The van der Waals surface area contributed by atoms with E-state index in [1.165, 1.54) is 0 Å². The Bertz CT molecular complexity index is 205. The van der Waals surface area contributed by atoms with Crippen LogP contribution in [-0.4, -0.2) is 17.4 Å². The van der Waals surface area contributed by atoms with Crippen LogP contribution < -0.4 is 0 Å². The molecular formula is C2H3F3N3OP3. The van der Waals surface area contributed by atoms with Gasteiger partial charge in [0.1, 0.15) is 17.4 Å². The van der Waals surface area contributed by atoms with E-state index in [-0.39, 0.29) is 8.88 Å². The lowest BCUT2D eigenvalue weighted by atomic mass is 10.7. The SMILES string of the molecule is FC(F)(F)CON1P=NP=NP1. The van der Waals surface area contributed by atoms with Crippen molar-refractivity contribution in [1.29, 1.82) is 0 Å². The van der Waals surface area contributed by atoms with Crippen molar-refractivity contribution >= 4 is 25.9 Å². The molecule has 4 nitrogen and oxygen atoms in total. The molecule has 0 spiro atoms. The third-order valence-electron chi connectivity index (χ3n) is 0.687. The second-order valence-corrected chi connectivity index (χ2v) is 4.85. The highest BCUT2D eigenvalue weighted by Crippen LogP contribution is 2.39. The van der Waals surface area contributed by atoms with Crippen molar-refractivity contribution in [3.63, 3.8) is 0 Å². The summed E-state index contributed by atoms with van der Waals surface area (Å²) < 4.78 is 43.2. The zero-order valence-corrected chi connectivity index (χ0v) is 8.27. The monoisotopic (exact) mass is 235 g/mol. The molecular weight excluding hydrogens is 232 g/mol. The van der Waals surface area contributed by atoms with Crippen molar-refractivity contribution in [2.75, 3.05) is 6.61 Å². The van der Waals surface area contributed by atoms with Crippen molar-refractivity contribution in [3.8, 4) is 0 Å². The summed E-state index contributed by atoms with van der Waals surface area (Å²) in [5, 5.41) is 0. The summed E-state index contributed by atoms with van der Waals surface area (Å²) >= 11 is 0. The molecule has 1 unspecified atom stereocenters. The van der Waals surface area contributed by atoms with Crippen molar-refractivity contribution in [1.82, 2.24) is 4.60 Å². The van der Waals surface area contributed by atoms with E-state index in [2.05, 4.69) is 13.9 Å². The second-order valence-electron chi connectivity index (χ2n) is 1.63. The van der Waals surface area contributed by atoms with E-state index in [4.69, 9.17) is 0 Å². The number of alkyl halides is 3. The first-order valence-corrected chi connectivity index (χ1v) is 5.13. The highest BCUT2D eigenvalue weighted by molar-refractivity contribution is 7.55. The van der Waals surface area contributed by atoms with Gasteiger partial charge < -0.3 is 0 Å². The lowest BCUT2D eigenvalue weighted by molar-refractivity contribution is -0.201. The normalized spacial score (nSPS) is 23.2. The average molecular weight is 235 g/mol. The summed E-state index contributed by atoms with van der Waals surface area (Å²) in [4.78, 5) is 4.36. The molecule has 0 bridgehead atoms. The van der Waals surface area contributed by atoms with Crippen LogP contribution in [0.4, 0.5) is 13.2 Å². The van der Waals surface area contributed by atoms with E-state index < -0.39 is 12.8 Å². The zero-order chi connectivity index (χ0) is 9.03. The average Bonchev–Trinajstić information content (AvgIpc) is 2.02. The molecule has 0 radical (unpaired) electrons. The number of hydrogen-bond donors (Lipinski definition) is 0. The minimum absolute atomic E-state index is 0.104. The van der Waals surface area contributed by atoms with Gasteiger partial charge in [-0.05, 0) is 0 Å². The summed E-state index contributed by atoms with van der Waals surface area (Å²) in [6, 6.07) is 0. The van der Waals surface area contributed by atoms with Gasteiger partial charge in [0.25, 0.3) is 0 Å². The van der Waals surface area contributed by atoms with Gasteiger partial charge in [-0.3, -0.25) is 4.84 Å². The van der Waals surface area contributed by atoms with Crippen LogP contribution in [-0.2, 0) is 4.84 Å². The fraction of sp³-hybridized carbons (Fsp3) is 1.00. The Kier molecular flexibility index (Phi) is 3.94. The third kappa shape index (κ3) is 4.39. The van der Waals surface area contributed by atoms with Crippen LogP contribution in [0.15, 0.2) is 9.03 Å². The smallest absolute Gasteiger partial charge is 0.274 e. The van der Waals surface area contributed by atoms with Crippen molar-refractivity contribution in [2.45, 2.75) is 6.18 Å². The molecule has 1 heterocycles. The Morgan fingerprint density at radius 1 is 1.50 bits per heavy atom. The number of rotatable bonds is 2. The Morgan fingerprint density at radius 3 is 2.75 bits per heavy atom. The van der Waals surface area contributed by atoms with Crippen LogP contribution in [0, 0.1) is 0 Å². The van der Waals surface area contributed by atoms with Gasteiger partial charge in [-0.2, -0.15) is 17.7 Å². The van der Waals surface area contributed by atoms with Gasteiger partial charge in [0, 0.05) is 0 Å². The van der Waals surface area contributed by atoms with E-state index in [9.17, 15) is 13.2 Å². The van der Waals surface area contributed by atoms with E-state index in [1.807, 2.05) is 0 Å². The first kappa shape index (κ1) is 10.4. The minimum Gasteiger partial charge on any atom is -0.274 e. The molecule has 0 aromatic carbocycles. The van der Waals surface area contributed by atoms with Crippen molar-refractivity contribution in [3.05, 3.63) is 0 Å². The first-order valence-electron chi connectivity index (χ1n) is 2.64. The summed E-state index contributed by atoms with van der Waals surface area (Å²) in [6.45, 7) is -1.28. The lowest BCUT2D eigenvalue weighted by Crippen LogP contribution is -2.19. The summed E-state index contributed by atoms with van der Waals surface area (Å²) in [7, 11) is 0.833. The van der Waals surface area contributed by atoms with Crippen LogP contribution in [0.5, 0.6) is 0 Å². The third-order valence-corrected chi connectivity index (χ3v) is 3.16. The molecule has 0 saturated heterocycles. The highest BCUT2D eigenvalue weighted by Gasteiger charge is 2.29. The Hall–Kier alpha value is 0.340. The Morgan fingerprint density at radius 2 is 2.25 bits per heavy atom. The van der Waals surface area contributed by atoms with Crippen LogP contribution in [0.25, 0.3) is 0 Å². The fourth-order valence-corrected chi connectivity index (χ4v) is 2.87. The molecule has 1 aliphatic heterocycles. The number of nitrogens with zero attached hydrogens (tertiary/aromatic N) is 3. The first-order chi connectivity index (χ1) is 5.58. The molecule has 0 amide bonds. The molecule has 10 heteroatoms. The van der Waals surface area contributed by atoms with Gasteiger partial charge >= 0.3 is 6.18 Å². The van der Waals surface area contributed by atoms with Gasteiger partial charge in [0.2, 0.25) is 0 Å². The number of halogens is 3. The maximum atomic E-state index is 11.6. The largest absolute Gasteiger partial charge is 0.413 e. The Labute approximate surface area is 71.2 Å². The minimum atomic E-state index is -4.30. The van der Waals surface area contributed by atoms with E-state index in [0.717, 1.165) is 4.60 Å². The summed E-state index contributed by atoms with van der Waals surface area (Å²) in [5.74, 6) is 0. The van der Waals surface area contributed by atoms with E-state index >= 15 is 0 Å². The molecule has 0 saturated carbocycles. The number of hydrogen-bond acceptors (Lipinski definition) is 4. The molecule has 1 aliphatic rings. The van der Waals surface area contributed by atoms with E-state index in [1.54, 1.807) is 0 Å². The molecule has 12 heavy (non-hydrogen) atoms. The van der Waals surface area contributed by atoms with Crippen molar-refractivity contribution in [2.24, 2.45) is 9.03 Å². The van der Waals surface area contributed by atoms with Crippen LogP contribution in [0.1, 0.15) is 0 Å². The molecule has 0 aromatic rings. The molecule has 1 atom stereocenters. The van der Waals surface area contributed by atoms with Gasteiger partial charge in [-0.25, -0.2) is 4.52 Å². The maximum Gasteiger partial charge on any atom is 0.413 e. The quantitative estimate of drug-likeness (QED) is 0.687. The Balaban J connectivity index is 2.24. The second kappa shape index (κ2) is 4.54. The summed E-state index contributed by atoms with van der Waals surface area (Å²) in [5.41, 5.74) is 0. The van der Waals surface area contributed by atoms with Gasteiger partial charge in [-0.15, -0.1) is 0 Å². The fourth-order valence-electron chi connectivity index (χ4n) is 0.341. The molecule has 0 aliphatic carbocycles. The van der Waals surface area contributed by atoms with Gasteiger partial charge in [0.05, 0.1) is 0 Å². The zero-order valence-electron chi connectivity index (χ0n) is 5.49. The van der Waals surface area contributed by atoms with Gasteiger partial charge in [0.15, 0.2) is 15.1 Å². The summed E-state index contributed by atoms with van der Waals surface area (Å²) in [6.07, 6.45) is -4.30. The molecule has 0 aromatic heterocycles. The molecule has 1 rings (SSSR count). The predicted octanol–water partition coefficient (Wildman–Crippen LogP) is 3.39. The predicted molar refractivity (Wildman–Crippen MR) is 40.9 cm³/mol. The van der Waals surface area contributed by atoms with Crippen LogP contribution in [0.2, 0.25) is 0 Å². The highest BCUT2D eigenvalue weighted by atomic mass is 31.2. The van der Waals surface area contributed by atoms with Crippen molar-refractivity contribution < 1.29 is 18.0 Å². The molecule has 0 N–H and O–H groups in total. The topological polar surface area (TPSA) is 37.2 Å². The standard InChI is InChI=1S/C2H3F3N3OP3/c3-2(4,5)1-9-8-11-6-10-7-12-8/h11H,1H2. The molecule has 0 fully saturated rings.